The molecule has 0 aliphatic carbocycles. The molecule has 1 amide bonds. The highest BCUT2D eigenvalue weighted by atomic mass is 32.2. The Bertz CT molecular complexity index is 877. The average molecular weight is 342 g/mol. The number of hydrogen-bond donors (Lipinski definition) is 0. The van der Waals surface area contributed by atoms with E-state index in [4.69, 9.17) is 8.83 Å². The van der Waals surface area contributed by atoms with Gasteiger partial charge in [-0.15, -0.1) is 0 Å². The van der Waals surface area contributed by atoms with Crippen LogP contribution in [0.15, 0.2) is 44.4 Å². The summed E-state index contributed by atoms with van der Waals surface area (Å²) >= 11 is 1.47. The summed E-state index contributed by atoms with van der Waals surface area (Å²) in [6.07, 6.45) is 2.15. The lowest BCUT2D eigenvalue weighted by atomic mass is 10.2. The van der Waals surface area contributed by atoms with Crippen molar-refractivity contribution in [1.82, 2.24) is 9.88 Å². The number of benzene rings is 1. The minimum atomic E-state index is -0.0129. The SMILES string of the molecule is Cc1ccc2oc(SCc3ccc(C(=O)N4CCCC4)o3)nc2c1. The topological polar surface area (TPSA) is 59.5 Å². The molecule has 24 heavy (non-hydrogen) atoms. The van der Waals surface area contributed by atoms with Crippen LogP contribution in [0.1, 0.15) is 34.7 Å². The van der Waals surface area contributed by atoms with E-state index in [9.17, 15) is 4.79 Å². The Morgan fingerprint density at radius 2 is 2.04 bits per heavy atom. The number of thioether (sulfide) groups is 1. The van der Waals surface area contributed by atoms with Gasteiger partial charge in [-0.3, -0.25) is 4.79 Å². The molecule has 0 N–H and O–H groups in total. The largest absolute Gasteiger partial charge is 0.455 e. The van der Waals surface area contributed by atoms with Crippen molar-refractivity contribution < 1.29 is 13.6 Å². The van der Waals surface area contributed by atoms with Crippen LogP contribution in [0.2, 0.25) is 0 Å². The zero-order valence-electron chi connectivity index (χ0n) is 13.4. The number of aryl methyl sites for hydroxylation is 1. The number of carbonyl (C=O) groups excluding carboxylic acids is 1. The van der Waals surface area contributed by atoms with Gasteiger partial charge in [-0.25, -0.2) is 4.98 Å². The van der Waals surface area contributed by atoms with Crippen molar-refractivity contribution in [1.29, 1.82) is 0 Å². The van der Waals surface area contributed by atoms with Crippen molar-refractivity contribution in [2.45, 2.75) is 30.7 Å². The molecule has 5 nitrogen and oxygen atoms in total. The predicted molar refractivity (Wildman–Crippen MR) is 92.2 cm³/mol. The highest BCUT2D eigenvalue weighted by molar-refractivity contribution is 7.98. The molecule has 0 bridgehead atoms. The number of amides is 1. The third kappa shape index (κ3) is 3.06. The highest BCUT2D eigenvalue weighted by Gasteiger charge is 2.22. The predicted octanol–water partition coefficient (Wildman–Crippen LogP) is 4.26. The van der Waals surface area contributed by atoms with E-state index in [0.29, 0.717) is 16.7 Å². The molecule has 3 aromatic rings. The Labute approximate surface area is 144 Å². The molecule has 1 aliphatic heterocycles. The maximum absolute atomic E-state index is 12.3. The number of likely N-dealkylation sites (tertiary alicyclic amines) is 1. The maximum atomic E-state index is 12.3. The number of furan rings is 1. The van der Waals surface area contributed by atoms with Crippen LogP contribution in [0.4, 0.5) is 0 Å². The Hall–Kier alpha value is -2.21. The molecule has 0 atom stereocenters. The van der Waals surface area contributed by atoms with Crippen molar-refractivity contribution in [3.05, 3.63) is 47.4 Å². The Kier molecular flexibility index (Phi) is 4.06. The molecular formula is C18H18N2O3S. The summed E-state index contributed by atoms with van der Waals surface area (Å²) in [6.45, 7) is 3.68. The van der Waals surface area contributed by atoms with Crippen molar-refractivity contribution in [3.63, 3.8) is 0 Å². The Balaban J connectivity index is 1.42. The number of fused-ring (bicyclic) bond motifs is 1. The maximum Gasteiger partial charge on any atom is 0.289 e. The molecule has 1 aliphatic rings. The lowest BCUT2D eigenvalue weighted by Gasteiger charge is -2.12. The van der Waals surface area contributed by atoms with Gasteiger partial charge < -0.3 is 13.7 Å². The van der Waals surface area contributed by atoms with Crippen molar-refractivity contribution in [2.24, 2.45) is 0 Å². The van der Waals surface area contributed by atoms with Crippen LogP contribution < -0.4 is 0 Å². The minimum Gasteiger partial charge on any atom is -0.455 e. The summed E-state index contributed by atoms with van der Waals surface area (Å²) in [7, 11) is 0. The van der Waals surface area contributed by atoms with Gasteiger partial charge in [0.05, 0.1) is 5.75 Å². The molecular weight excluding hydrogens is 324 g/mol. The van der Waals surface area contributed by atoms with Crippen LogP contribution in [-0.2, 0) is 5.75 Å². The van der Waals surface area contributed by atoms with Crippen molar-refractivity contribution >= 4 is 28.8 Å². The monoisotopic (exact) mass is 342 g/mol. The molecule has 124 valence electrons. The quantitative estimate of drug-likeness (QED) is 0.663. The van der Waals surface area contributed by atoms with Gasteiger partial charge in [-0.05, 0) is 49.6 Å². The molecule has 0 radical (unpaired) electrons. The Morgan fingerprint density at radius 3 is 2.88 bits per heavy atom. The number of oxazole rings is 1. The van der Waals surface area contributed by atoms with E-state index >= 15 is 0 Å². The van der Waals surface area contributed by atoms with Crippen molar-refractivity contribution in [3.8, 4) is 0 Å². The molecule has 3 heterocycles. The van der Waals surface area contributed by atoms with Crippen molar-refractivity contribution in [2.75, 3.05) is 13.1 Å². The number of hydrogen-bond acceptors (Lipinski definition) is 5. The molecule has 1 fully saturated rings. The summed E-state index contributed by atoms with van der Waals surface area (Å²) in [5.74, 6) is 1.74. The number of nitrogens with zero attached hydrogens (tertiary/aromatic N) is 2. The zero-order chi connectivity index (χ0) is 16.5. The molecule has 0 unspecified atom stereocenters. The first-order valence-electron chi connectivity index (χ1n) is 8.07. The summed E-state index contributed by atoms with van der Waals surface area (Å²) in [6, 6.07) is 9.55. The van der Waals surface area contributed by atoms with Gasteiger partial charge in [0.25, 0.3) is 11.1 Å². The molecule has 4 rings (SSSR count). The van der Waals surface area contributed by atoms with Gasteiger partial charge in [0.15, 0.2) is 11.3 Å². The fraction of sp³-hybridized carbons (Fsp3) is 0.333. The van der Waals surface area contributed by atoms with E-state index in [2.05, 4.69) is 4.98 Å². The smallest absolute Gasteiger partial charge is 0.289 e. The summed E-state index contributed by atoms with van der Waals surface area (Å²) in [5.41, 5.74) is 2.80. The molecule has 2 aromatic heterocycles. The summed E-state index contributed by atoms with van der Waals surface area (Å²) in [5, 5.41) is 0.611. The number of carbonyl (C=O) groups is 1. The Morgan fingerprint density at radius 1 is 1.21 bits per heavy atom. The van der Waals surface area contributed by atoms with Gasteiger partial charge in [0, 0.05) is 13.1 Å². The first kappa shape index (κ1) is 15.3. The average Bonchev–Trinajstić information content (AvgIpc) is 3.31. The number of aromatic nitrogens is 1. The second-order valence-electron chi connectivity index (χ2n) is 6.00. The first-order chi connectivity index (χ1) is 11.7. The molecule has 0 spiro atoms. The lowest BCUT2D eigenvalue weighted by Crippen LogP contribution is -2.27. The minimum absolute atomic E-state index is 0.0129. The van der Waals surface area contributed by atoms with E-state index in [1.165, 1.54) is 11.8 Å². The van der Waals surface area contributed by atoms with Crippen LogP contribution >= 0.6 is 11.8 Å². The number of rotatable bonds is 4. The molecule has 0 saturated carbocycles. The third-order valence-electron chi connectivity index (χ3n) is 4.13. The normalized spacial score (nSPS) is 14.6. The van der Waals surface area contributed by atoms with E-state index < -0.39 is 0 Å². The summed E-state index contributed by atoms with van der Waals surface area (Å²) < 4.78 is 11.4. The fourth-order valence-corrected chi connectivity index (χ4v) is 3.59. The second-order valence-corrected chi connectivity index (χ2v) is 6.93. The standard InChI is InChI=1S/C18H18N2O3S/c1-12-4-6-15-14(10-12)19-18(23-15)24-11-13-5-7-16(22-13)17(21)20-8-2-3-9-20/h4-7,10H,2-3,8-9,11H2,1H3. The molecule has 1 saturated heterocycles. The van der Waals surface area contributed by atoms with Crippen LogP contribution in [-0.4, -0.2) is 28.9 Å². The summed E-state index contributed by atoms with van der Waals surface area (Å²) in [4.78, 5) is 18.6. The third-order valence-corrected chi connectivity index (χ3v) is 4.98. The van der Waals surface area contributed by atoms with E-state index in [1.807, 2.05) is 36.1 Å². The molecule has 1 aromatic carbocycles. The van der Waals surface area contributed by atoms with Crippen LogP contribution in [0.25, 0.3) is 11.1 Å². The lowest BCUT2D eigenvalue weighted by molar-refractivity contribution is 0.0760. The fourth-order valence-electron chi connectivity index (χ4n) is 2.86. The van der Waals surface area contributed by atoms with E-state index in [-0.39, 0.29) is 5.91 Å². The first-order valence-corrected chi connectivity index (χ1v) is 9.05. The second kappa shape index (κ2) is 6.36. The molecule has 6 heteroatoms. The zero-order valence-corrected chi connectivity index (χ0v) is 14.3. The highest BCUT2D eigenvalue weighted by Crippen LogP contribution is 2.27. The van der Waals surface area contributed by atoms with E-state index in [0.717, 1.165) is 48.4 Å². The van der Waals surface area contributed by atoms with Gasteiger partial charge >= 0.3 is 0 Å². The van der Waals surface area contributed by atoms with E-state index in [1.54, 1.807) is 6.07 Å². The van der Waals surface area contributed by atoms with Crippen LogP contribution in [0, 0.1) is 6.92 Å². The van der Waals surface area contributed by atoms with Crippen LogP contribution in [0.3, 0.4) is 0 Å². The van der Waals surface area contributed by atoms with Gasteiger partial charge in [0.2, 0.25) is 0 Å². The van der Waals surface area contributed by atoms with Gasteiger partial charge in [-0.2, -0.15) is 0 Å². The van der Waals surface area contributed by atoms with Gasteiger partial charge in [-0.1, -0.05) is 17.8 Å². The van der Waals surface area contributed by atoms with Gasteiger partial charge in [0.1, 0.15) is 11.3 Å². The van der Waals surface area contributed by atoms with Crippen LogP contribution in [0.5, 0.6) is 0 Å².